The number of fused-ring (bicyclic) bond motifs is 19. The van der Waals surface area contributed by atoms with Crippen LogP contribution in [0.5, 0.6) is 0 Å². The molecule has 3 heteroatoms. The van der Waals surface area contributed by atoms with Crippen LogP contribution in [0, 0.1) is 0 Å². The van der Waals surface area contributed by atoms with Gasteiger partial charge in [0.15, 0.2) is 0 Å². The summed E-state index contributed by atoms with van der Waals surface area (Å²) in [5.74, 6) is 0. The zero-order valence-corrected chi connectivity index (χ0v) is 59.6. The molecule has 0 N–H and O–H groups in total. The zero-order chi connectivity index (χ0) is 70.8. The summed E-state index contributed by atoms with van der Waals surface area (Å²) in [6.45, 7) is 9.43. The first-order valence-electron chi connectivity index (χ1n) is 37.0. The second-order valence-electron chi connectivity index (χ2n) is 29.7. The van der Waals surface area contributed by atoms with E-state index in [4.69, 9.17) is 4.42 Å². The average molecular weight is 1360 g/mol. The Hall–Kier alpha value is -13.1. The van der Waals surface area contributed by atoms with Gasteiger partial charge in [-0.3, -0.25) is 0 Å². The van der Waals surface area contributed by atoms with Gasteiger partial charge in [-0.25, -0.2) is 0 Å². The summed E-state index contributed by atoms with van der Waals surface area (Å²) in [5, 5.41) is 2.27. The van der Waals surface area contributed by atoms with Crippen molar-refractivity contribution >= 4 is 56.1 Å². The lowest BCUT2D eigenvalue weighted by Crippen LogP contribution is -2.25. The van der Waals surface area contributed by atoms with Crippen LogP contribution in [0.2, 0.25) is 0 Å². The van der Waals surface area contributed by atoms with Gasteiger partial charge in [-0.15, -0.1) is 0 Å². The first-order valence-corrected chi connectivity index (χ1v) is 37.0. The molecule has 17 aromatic rings. The molecule has 0 bridgehead atoms. The van der Waals surface area contributed by atoms with Crippen LogP contribution in [-0.4, -0.2) is 0 Å². The monoisotopic (exact) mass is 1350 g/mol. The lowest BCUT2D eigenvalue weighted by molar-refractivity contribution is 0.660. The van der Waals surface area contributed by atoms with Crippen molar-refractivity contribution in [3.8, 4) is 89.0 Å². The highest BCUT2D eigenvalue weighted by molar-refractivity contribution is 6.14. The van der Waals surface area contributed by atoms with Gasteiger partial charge in [0.25, 0.3) is 0 Å². The van der Waals surface area contributed by atoms with Crippen LogP contribution in [0.4, 0.5) is 34.1 Å². The van der Waals surface area contributed by atoms with Crippen LogP contribution in [0.3, 0.4) is 0 Å². The van der Waals surface area contributed by atoms with E-state index in [0.717, 1.165) is 67.2 Å². The van der Waals surface area contributed by atoms with Crippen LogP contribution < -0.4 is 9.80 Å². The molecule has 0 radical (unpaired) electrons. The Morgan fingerprint density at radius 3 is 1.06 bits per heavy atom. The minimum atomic E-state index is -0.405. The zero-order valence-electron chi connectivity index (χ0n) is 59.6. The van der Waals surface area contributed by atoms with Crippen LogP contribution in [0.25, 0.3) is 111 Å². The number of hydrogen-bond acceptors (Lipinski definition) is 3. The average Bonchev–Trinajstić information content (AvgIpc) is 1.50. The summed E-state index contributed by atoms with van der Waals surface area (Å²) in [7, 11) is 0. The molecule has 1 heterocycles. The number of anilines is 6. The second-order valence-corrected chi connectivity index (χ2v) is 29.7. The van der Waals surface area contributed by atoms with Crippen molar-refractivity contribution in [2.45, 2.75) is 43.9 Å². The first-order chi connectivity index (χ1) is 52.1. The smallest absolute Gasteiger partial charge is 0.136 e. The maximum absolute atomic E-state index is 6.33. The number of hydrogen-bond donors (Lipinski definition) is 0. The molecule has 0 saturated carbocycles. The molecule has 502 valence electrons. The van der Waals surface area contributed by atoms with Gasteiger partial charge in [0.1, 0.15) is 11.2 Å². The van der Waals surface area contributed by atoms with E-state index in [1.54, 1.807) is 0 Å². The standard InChI is InChI=1S/C58H41N.C45H33NO/c1-57(2)49-25-11-6-19-42(49)45-36-35-41(37-54(45)57)59(40-33-31-39(32-34-40)38-17-4-3-5-18-38)55-30-15-10-22-46(55)47-24-16-29-53-56(47)48-23-9-14-28-52(48)58(53)50-26-12-7-20-43(50)44-21-8-13-27-51(44)58;1-45(2)39-19-9-6-15-34(39)35-28-27-33(29-40(35)45)46(32-25-23-31(24-26-32)30-13-4-3-5-14-30)41-20-10-7-16-36(41)37-18-12-22-43-44(37)38-17-8-11-21-42(38)47-43/h3-37H,1-2H3;3-29H,1-2H3. The molecule has 16 aromatic carbocycles. The molecule has 1 spiro atoms. The normalized spacial score (nSPS) is 13.7. The third kappa shape index (κ3) is 9.59. The number of furan rings is 1. The molecule has 0 aliphatic heterocycles. The Bertz CT molecular complexity index is 6290. The van der Waals surface area contributed by atoms with E-state index in [0.29, 0.717) is 0 Å². The summed E-state index contributed by atoms with van der Waals surface area (Å²) in [5.41, 5.74) is 38.9. The molecule has 1 aromatic heterocycles. The fourth-order valence-electron chi connectivity index (χ4n) is 18.5. The van der Waals surface area contributed by atoms with Crippen molar-refractivity contribution in [1.82, 2.24) is 0 Å². The molecule has 0 amide bonds. The fourth-order valence-corrected chi connectivity index (χ4v) is 18.5. The number of benzene rings is 16. The van der Waals surface area contributed by atoms with Crippen molar-refractivity contribution < 1.29 is 4.42 Å². The molecule has 0 fully saturated rings. The number of para-hydroxylation sites is 3. The molecule has 0 saturated heterocycles. The van der Waals surface area contributed by atoms with E-state index >= 15 is 0 Å². The van der Waals surface area contributed by atoms with Gasteiger partial charge in [0, 0.05) is 55.5 Å². The van der Waals surface area contributed by atoms with Crippen LogP contribution in [0.1, 0.15) is 72.2 Å². The fraction of sp³-hybridized carbons (Fsp3) is 0.0680. The van der Waals surface area contributed by atoms with Gasteiger partial charge in [-0.2, -0.15) is 0 Å². The molecular weight excluding hydrogens is 1280 g/mol. The molecule has 0 atom stereocenters. The first kappa shape index (κ1) is 62.7. The predicted octanol–water partition coefficient (Wildman–Crippen LogP) is 27.8. The van der Waals surface area contributed by atoms with E-state index < -0.39 is 5.41 Å². The van der Waals surface area contributed by atoms with Crippen LogP contribution >= 0.6 is 0 Å². The summed E-state index contributed by atoms with van der Waals surface area (Å²) in [6.07, 6.45) is 0. The Labute approximate surface area is 619 Å². The highest BCUT2D eigenvalue weighted by Gasteiger charge is 2.52. The maximum Gasteiger partial charge on any atom is 0.136 e. The van der Waals surface area contributed by atoms with E-state index in [1.807, 2.05) is 6.07 Å². The largest absolute Gasteiger partial charge is 0.456 e. The molecule has 4 aliphatic carbocycles. The van der Waals surface area contributed by atoms with Crippen LogP contribution in [0.15, 0.2) is 381 Å². The molecule has 3 nitrogen and oxygen atoms in total. The quantitative estimate of drug-likeness (QED) is 0.136. The summed E-state index contributed by atoms with van der Waals surface area (Å²) < 4.78 is 6.33. The van der Waals surface area contributed by atoms with Gasteiger partial charge < -0.3 is 14.2 Å². The second kappa shape index (κ2) is 24.6. The topological polar surface area (TPSA) is 19.6 Å². The van der Waals surface area contributed by atoms with E-state index in [1.165, 1.54) is 122 Å². The Morgan fingerprint density at radius 1 is 0.217 bits per heavy atom. The molecule has 21 rings (SSSR count). The van der Waals surface area contributed by atoms with E-state index in [2.05, 4.69) is 408 Å². The molecule has 0 unspecified atom stereocenters. The van der Waals surface area contributed by atoms with E-state index in [9.17, 15) is 0 Å². The van der Waals surface area contributed by atoms with Crippen molar-refractivity contribution in [3.05, 3.63) is 421 Å². The Kier molecular flexibility index (Phi) is 14.5. The predicted molar refractivity (Wildman–Crippen MR) is 443 cm³/mol. The SMILES string of the molecule is CC1(C)c2ccccc2-c2ccc(N(c3ccc(-c4ccccc4)cc3)c3ccccc3-c3cccc4c3-c3ccccc3C43c4ccccc4-c4ccccc43)cc21.CC1(C)c2ccccc2-c2ccc(N(c3ccc(-c4ccccc4)cc3)c3ccccc3-c3cccc4oc5ccccc5c34)cc21. The van der Waals surface area contributed by atoms with Crippen molar-refractivity contribution in [3.63, 3.8) is 0 Å². The maximum atomic E-state index is 6.33. The third-order valence-electron chi connectivity index (χ3n) is 23.4. The van der Waals surface area contributed by atoms with Crippen molar-refractivity contribution in [2.75, 3.05) is 9.80 Å². The van der Waals surface area contributed by atoms with Crippen LogP contribution in [-0.2, 0) is 16.2 Å². The Morgan fingerprint density at radius 2 is 0.547 bits per heavy atom. The number of rotatable bonds is 10. The Balaban J connectivity index is 0.000000144. The summed E-state index contributed by atoms with van der Waals surface area (Å²) >= 11 is 0. The minimum absolute atomic E-state index is 0.106. The van der Waals surface area contributed by atoms with Gasteiger partial charge in [-0.1, -0.05) is 331 Å². The highest BCUT2D eigenvalue weighted by Crippen LogP contribution is 2.65. The summed E-state index contributed by atoms with van der Waals surface area (Å²) in [4.78, 5) is 4.91. The number of nitrogens with zero attached hydrogens (tertiary/aromatic N) is 2. The highest BCUT2D eigenvalue weighted by atomic mass is 16.3. The molecular formula is C103H74N2O. The minimum Gasteiger partial charge on any atom is -0.456 e. The van der Waals surface area contributed by atoms with Gasteiger partial charge in [0.05, 0.1) is 16.8 Å². The van der Waals surface area contributed by atoms with Crippen molar-refractivity contribution in [2.24, 2.45) is 0 Å². The van der Waals surface area contributed by atoms with Crippen molar-refractivity contribution in [1.29, 1.82) is 0 Å². The third-order valence-corrected chi connectivity index (χ3v) is 23.4. The van der Waals surface area contributed by atoms with Gasteiger partial charge >= 0.3 is 0 Å². The van der Waals surface area contributed by atoms with Gasteiger partial charge in [-0.05, 0) is 195 Å². The lowest BCUT2D eigenvalue weighted by Gasteiger charge is -2.31. The molecule has 106 heavy (non-hydrogen) atoms. The molecule has 4 aliphatic rings. The van der Waals surface area contributed by atoms with E-state index in [-0.39, 0.29) is 10.8 Å². The summed E-state index contributed by atoms with van der Waals surface area (Å²) in [6, 6.07) is 138. The van der Waals surface area contributed by atoms with Gasteiger partial charge in [0.2, 0.25) is 0 Å². The lowest BCUT2D eigenvalue weighted by atomic mass is 9.70.